The number of nitrogens with one attached hydrogen (secondary N) is 1. The van der Waals surface area contributed by atoms with Gasteiger partial charge in [0.15, 0.2) is 6.61 Å². The third-order valence-corrected chi connectivity index (χ3v) is 7.41. The summed E-state index contributed by atoms with van der Waals surface area (Å²) in [6, 6.07) is 9.81. The first-order chi connectivity index (χ1) is 15.3. The molecule has 3 rings (SSSR count). The Morgan fingerprint density at radius 3 is 2.31 bits per heavy atom. The molecular formula is C22H27ClN2O6S. The van der Waals surface area contributed by atoms with Gasteiger partial charge in [-0.3, -0.25) is 4.79 Å². The van der Waals surface area contributed by atoms with Gasteiger partial charge >= 0.3 is 0 Å². The summed E-state index contributed by atoms with van der Waals surface area (Å²) in [5.74, 6) is 0.831. The fourth-order valence-corrected chi connectivity index (χ4v) is 4.71. The van der Waals surface area contributed by atoms with Gasteiger partial charge in [0.2, 0.25) is 10.0 Å². The maximum Gasteiger partial charge on any atom is 0.258 e. The number of amides is 1. The standard InChI is InChI=1S/C22H27ClN2O6S/c1-16-13-19(14-17(2)22(16)23)31-15-21(26)24-7-10-30-18-3-5-20(6-4-18)32(27,28)25-8-11-29-12-9-25/h3-6,13-14H,7-12,15H2,1-2H3,(H,24,26). The van der Waals surface area contributed by atoms with Crippen LogP contribution in [-0.4, -0.2) is 64.7 Å². The highest BCUT2D eigenvalue weighted by molar-refractivity contribution is 7.89. The molecule has 0 aromatic heterocycles. The van der Waals surface area contributed by atoms with Crippen molar-refractivity contribution in [3.63, 3.8) is 0 Å². The van der Waals surface area contributed by atoms with Crippen molar-refractivity contribution in [1.29, 1.82) is 0 Å². The van der Waals surface area contributed by atoms with E-state index in [1.807, 2.05) is 13.8 Å². The molecule has 0 saturated carbocycles. The van der Waals surface area contributed by atoms with Crippen molar-refractivity contribution in [1.82, 2.24) is 9.62 Å². The van der Waals surface area contributed by atoms with Crippen LogP contribution >= 0.6 is 11.6 Å². The van der Waals surface area contributed by atoms with E-state index in [1.54, 1.807) is 24.3 Å². The predicted molar refractivity (Wildman–Crippen MR) is 121 cm³/mol. The number of carbonyl (C=O) groups is 1. The maximum absolute atomic E-state index is 12.6. The molecule has 0 atom stereocenters. The second kappa shape index (κ2) is 11.0. The zero-order valence-corrected chi connectivity index (χ0v) is 19.7. The summed E-state index contributed by atoms with van der Waals surface area (Å²) >= 11 is 6.13. The Kier molecular flexibility index (Phi) is 8.36. The molecule has 1 saturated heterocycles. The van der Waals surface area contributed by atoms with Crippen LogP contribution in [0.15, 0.2) is 41.3 Å². The number of aryl methyl sites for hydroxylation is 2. The molecule has 8 nitrogen and oxygen atoms in total. The lowest BCUT2D eigenvalue weighted by Crippen LogP contribution is -2.40. The van der Waals surface area contributed by atoms with Crippen LogP contribution in [0, 0.1) is 13.8 Å². The molecule has 10 heteroatoms. The highest BCUT2D eigenvalue weighted by atomic mass is 35.5. The second-order valence-corrected chi connectivity index (χ2v) is 9.66. The molecule has 174 valence electrons. The van der Waals surface area contributed by atoms with E-state index in [1.165, 1.54) is 16.4 Å². The third-order valence-electron chi connectivity index (χ3n) is 4.90. The van der Waals surface area contributed by atoms with Crippen molar-refractivity contribution in [2.24, 2.45) is 0 Å². The summed E-state index contributed by atoms with van der Waals surface area (Å²) in [6.07, 6.45) is 0. The molecule has 1 N–H and O–H groups in total. The number of ether oxygens (including phenoxy) is 3. The molecule has 1 aliphatic rings. The van der Waals surface area contributed by atoms with Crippen molar-refractivity contribution in [2.45, 2.75) is 18.7 Å². The molecular weight excluding hydrogens is 456 g/mol. The van der Waals surface area contributed by atoms with Crippen LogP contribution in [0.2, 0.25) is 5.02 Å². The van der Waals surface area contributed by atoms with Gasteiger partial charge in [-0.15, -0.1) is 0 Å². The minimum absolute atomic E-state index is 0.116. The van der Waals surface area contributed by atoms with E-state index in [2.05, 4.69) is 5.32 Å². The molecule has 0 radical (unpaired) electrons. The summed E-state index contributed by atoms with van der Waals surface area (Å²) in [5.41, 5.74) is 1.78. The Bertz CT molecular complexity index is 1010. The van der Waals surface area contributed by atoms with Gasteiger partial charge in [0.25, 0.3) is 5.91 Å². The largest absolute Gasteiger partial charge is 0.492 e. The van der Waals surface area contributed by atoms with Crippen LogP contribution < -0.4 is 14.8 Å². The van der Waals surface area contributed by atoms with Crippen LogP contribution in [0.3, 0.4) is 0 Å². The Morgan fingerprint density at radius 2 is 1.69 bits per heavy atom. The van der Waals surface area contributed by atoms with Crippen LogP contribution in [0.4, 0.5) is 0 Å². The van der Waals surface area contributed by atoms with Gasteiger partial charge in [0.05, 0.1) is 24.7 Å². The summed E-state index contributed by atoms with van der Waals surface area (Å²) < 4.78 is 42.9. The zero-order chi connectivity index (χ0) is 23.1. The Hall–Kier alpha value is -2.33. The molecule has 0 unspecified atom stereocenters. The number of morpholine rings is 1. The lowest BCUT2D eigenvalue weighted by molar-refractivity contribution is -0.123. The van der Waals surface area contributed by atoms with Gasteiger partial charge < -0.3 is 19.5 Å². The molecule has 1 amide bonds. The van der Waals surface area contributed by atoms with E-state index in [0.29, 0.717) is 42.8 Å². The Balaban J connectivity index is 1.40. The lowest BCUT2D eigenvalue weighted by Gasteiger charge is -2.26. The van der Waals surface area contributed by atoms with Crippen molar-refractivity contribution in [3.05, 3.63) is 52.5 Å². The SMILES string of the molecule is Cc1cc(OCC(=O)NCCOc2ccc(S(=O)(=O)N3CCOCC3)cc2)cc(C)c1Cl. The number of carbonyl (C=O) groups excluding carboxylic acids is 1. The van der Waals surface area contributed by atoms with Gasteiger partial charge in [-0.2, -0.15) is 4.31 Å². The van der Waals surface area contributed by atoms with Crippen molar-refractivity contribution in [3.8, 4) is 11.5 Å². The first kappa shape index (κ1) is 24.3. The van der Waals surface area contributed by atoms with E-state index in [9.17, 15) is 13.2 Å². The number of halogens is 1. The summed E-state index contributed by atoms with van der Waals surface area (Å²) in [4.78, 5) is 12.2. The Morgan fingerprint density at radius 1 is 1.06 bits per heavy atom. The van der Waals surface area contributed by atoms with Crippen molar-refractivity contribution in [2.75, 3.05) is 46.1 Å². The van der Waals surface area contributed by atoms with Crippen LogP contribution in [-0.2, 0) is 19.6 Å². The molecule has 0 spiro atoms. The smallest absolute Gasteiger partial charge is 0.258 e. The van der Waals surface area contributed by atoms with Crippen molar-refractivity contribution >= 4 is 27.5 Å². The van der Waals surface area contributed by atoms with Gasteiger partial charge in [0.1, 0.15) is 18.1 Å². The van der Waals surface area contributed by atoms with Crippen molar-refractivity contribution < 1.29 is 27.4 Å². The zero-order valence-electron chi connectivity index (χ0n) is 18.1. The second-order valence-electron chi connectivity index (χ2n) is 7.35. The molecule has 0 aliphatic carbocycles. The molecule has 0 bridgehead atoms. The lowest BCUT2D eigenvalue weighted by atomic mass is 10.1. The predicted octanol–water partition coefficient (Wildman–Crippen LogP) is 2.55. The monoisotopic (exact) mass is 482 g/mol. The number of nitrogens with zero attached hydrogens (tertiary/aromatic N) is 1. The van der Waals surface area contributed by atoms with E-state index in [-0.39, 0.29) is 30.6 Å². The van der Waals surface area contributed by atoms with Crippen LogP contribution in [0.1, 0.15) is 11.1 Å². The molecule has 2 aromatic rings. The quantitative estimate of drug-likeness (QED) is 0.552. The van der Waals surface area contributed by atoms with Crippen LogP contribution in [0.5, 0.6) is 11.5 Å². The molecule has 1 fully saturated rings. The first-order valence-electron chi connectivity index (χ1n) is 10.2. The number of hydrogen-bond acceptors (Lipinski definition) is 6. The molecule has 32 heavy (non-hydrogen) atoms. The number of sulfonamides is 1. The highest BCUT2D eigenvalue weighted by Gasteiger charge is 2.26. The summed E-state index contributed by atoms with van der Waals surface area (Å²) in [5, 5.41) is 3.40. The van der Waals surface area contributed by atoms with Crippen LogP contribution in [0.25, 0.3) is 0 Å². The number of hydrogen-bond donors (Lipinski definition) is 1. The fourth-order valence-electron chi connectivity index (χ4n) is 3.19. The summed E-state index contributed by atoms with van der Waals surface area (Å²) in [6.45, 7) is 5.66. The topological polar surface area (TPSA) is 94.2 Å². The first-order valence-corrected chi connectivity index (χ1v) is 12.1. The number of benzene rings is 2. The summed E-state index contributed by atoms with van der Waals surface area (Å²) in [7, 11) is -3.53. The molecule has 2 aromatic carbocycles. The average molecular weight is 483 g/mol. The highest BCUT2D eigenvalue weighted by Crippen LogP contribution is 2.25. The van der Waals surface area contributed by atoms with Gasteiger partial charge in [-0.1, -0.05) is 11.6 Å². The minimum Gasteiger partial charge on any atom is -0.492 e. The average Bonchev–Trinajstić information content (AvgIpc) is 2.79. The third kappa shape index (κ3) is 6.35. The maximum atomic E-state index is 12.6. The Labute approximate surface area is 193 Å². The van der Waals surface area contributed by atoms with E-state index < -0.39 is 10.0 Å². The van der Waals surface area contributed by atoms with Gasteiger partial charge in [-0.25, -0.2) is 8.42 Å². The number of rotatable bonds is 9. The minimum atomic E-state index is -3.53. The molecule has 1 aliphatic heterocycles. The van der Waals surface area contributed by atoms with E-state index in [4.69, 9.17) is 25.8 Å². The van der Waals surface area contributed by atoms with E-state index in [0.717, 1.165) is 11.1 Å². The molecule has 1 heterocycles. The fraction of sp³-hybridized carbons (Fsp3) is 0.409. The normalized spacial score (nSPS) is 14.7. The van der Waals surface area contributed by atoms with Gasteiger partial charge in [0, 0.05) is 18.1 Å². The van der Waals surface area contributed by atoms with Gasteiger partial charge in [-0.05, 0) is 61.4 Å². The van der Waals surface area contributed by atoms with E-state index >= 15 is 0 Å².